The Labute approximate surface area is 155 Å². The summed E-state index contributed by atoms with van der Waals surface area (Å²) in [5.41, 5.74) is -0.979. The minimum Gasteiger partial charge on any atom is -0.443 e. The average molecular weight is 395 g/mol. The highest BCUT2D eigenvalue weighted by atomic mass is 32.2. The number of benzene rings is 2. The number of nitro benzene ring substituents is 2. The Balaban J connectivity index is 2.52. The van der Waals surface area contributed by atoms with Gasteiger partial charge in [-0.1, -0.05) is 26.0 Å². The summed E-state index contributed by atoms with van der Waals surface area (Å²) >= 11 is 0. The van der Waals surface area contributed by atoms with E-state index in [4.69, 9.17) is 4.74 Å². The molecule has 0 aliphatic carbocycles. The van der Waals surface area contributed by atoms with E-state index in [1.54, 1.807) is 13.8 Å². The zero-order valence-electron chi connectivity index (χ0n) is 14.6. The molecule has 2 aromatic carbocycles. The lowest BCUT2D eigenvalue weighted by Crippen LogP contribution is -2.30. The van der Waals surface area contributed by atoms with E-state index in [0.717, 1.165) is 16.4 Å². The average Bonchev–Trinajstić information content (AvgIpc) is 2.62. The minimum absolute atomic E-state index is 0.190. The molecule has 27 heavy (non-hydrogen) atoms. The van der Waals surface area contributed by atoms with Crippen molar-refractivity contribution < 1.29 is 23.0 Å². The maximum absolute atomic E-state index is 12.6. The van der Waals surface area contributed by atoms with E-state index in [1.807, 2.05) is 0 Å². The van der Waals surface area contributed by atoms with Crippen molar-refractivity contribution in [3.8, 4) is 11.5 Å². The number of sulfonamides is 1. The fourth-order valence-corrected chi connectivity index (χ4v) is 3.89. The zero-order chi connectivity index (χ0) is 20.2. The third kappa shape index (κ3) is 4.20. The summed E-state index contributed by atoms with van der Waals surface area (Å²) in [5, 5.41) is 22.5. The molecular formula is C16H17N3O7S. The predicted octanol–water partition coefficient (Wildman–Crippen LogP) is 3.33. The summed E-state index contributed by atoms with van der Waals surface area (Å²) in [6.45, 7) is 3.73. The smallest absolute Gasteiger partial charge is 0.312 e. The van der Waals surface area contributed by atoms with Crippen LogP contribution in [-0.4, -0.2) is 35.7 Å². The highest BCUT2D eigenvalue weighted by Gasteiger charge is 2.27. The number of rotatable bonds is 8. The first-order chi connectivity index (χ1) is 12.7. The SMILES string of the molecule is CCN(CC)S(=O)(=O)c1ccc(Oc2ccccc2[N+](=O)[O-])c([N+](=O)[O-])c1. The van der Waals surface area contributed by atoms with Gasteiger partial charge in [-0.2, -0.15) is 4.31 Å². The van der Waals surface area contributed by atoms with Crippen molar-refractivity contribution >= 4 is 21.4 Å². The molecule has 2 rings (SSSR count). The third-order valence-corrected chi connectivity index (χ3v) is 5.80. The van der Waals surface area contributed by atoms with Crippen molar-refractivity contribution in [3.63, 3.8) is 0 Å². The lowest BCUT2D eigenvalue weighted by atomic mass is 10.2. The van der Waals surface area contributed by atoms with Crippen LogP contribution in [0.1, 0.15) is 13.8 Å². The van der Waals surface area contributed by atoms with Gasteiger partial charge in [-0.05, 0) is 18.2 Å². The molecule has 0 aliphatic heterocycles. The topological polar surface area (TPSA) is 133 Å². The Hall–Kier alpha value is -3.05. The van der Waals surface area contributed by atoms with E-state index in [1.165, 1.54) is 30.3 Å². The summed E-state index contributed by atoms with van der Waals surface area (Å²) in [6, 6.07) is 8.57. The Morgan fingerprint density at radius 3 is 2.04 bits per heavy atom. The standard InChI is InChI=1S/C16H17N3O7S/c1-3-17(4-2)27(24,25)12-9-10-16(14(11-12)19(22)23)26-15-8-6-5-7-13(15)18(20)21/h5-11H,3-4H2,1-2H3. The number of hydrogen-bond acceptors (Lipinski definition) is 7. The predicted molar refractivity (Wildman–Crippen MR) is 96.4 cm³/mol. The van der Waals surface area contributed by atoms with Crippen LogP contribution in [0.25, 0.3) is 0 Å². The number of nitrogens with zero attached hydrogens (tertiary/aromatic N) is 3. The second kappa shape index (κ2) is 8.10. The van der Waals surface area contributed by atoms with Crippen molar-refractivity contribution in [1.29, 1.82) is 0 Å². The van der Waals surface area contributed by atoms with Gasteiger partial charge < -0.3 is 4.74 Å². The Bertz CT molecular complexity index is 972. The van der Waals surface area contributed by atoms with Gasteiger partial charge in [0.15, 0.2) is 0 Å². The molecule has 0 radical (unpaired) electrons. The van der Waals surface area contributed by atoms with Crippen LogP contribution in [-0.2, 0) is 10.0 Å². The molecule has 0 aromatic heterocycles. The molecule has 0 saturated heterocycles. The van der Waals surface area contributed by atoms with Crippen molar-refractivity contribution in [2.24, 2.45) is 0 Å². The molecule has 0 aliphatic rings. The van der Waals surface area contributed by atoms with Gasteiger partial charge in [0, 0.05) is 25.2 Å². The Morgan fingerprint density at radius 2 is 1.48 bits per heavy atom. The van der Waals surface area contributed by atoms with Crippen LogP contribution in [0.2, 0.25) is 0 Å². The van der Waals surface area contributed by atoms with E-state index in [-0.39, 0.29) is 35.2 Å². The molecule has 0 unspecified atom stereocenters. The Kier molecular flexibility index (Phi) is 6.08. The molecule has 0 saturated carbocycles. The molecule has 0 atom stereocenters. The second-order valence-corrected chi connectivity index (χ2v) is 7.24. The van der Waals surface area contributed by atoms with Crippen LogP contribution in [0.4, 0.5) is 11.4 Å². The Morgan fingerprint density at radius 1 is 0.926 bits per heavy atom. The molecule has 11 heteroatoms. The molecule has 0 fully saturated rings. The molecule has 2 aromatic rings. The maximum atomic E-state index is 12.6. The fourth-order valence-electron chi connectivity index (χ4n) is 2.41. The largest absolute Gasteiger partial charge is 0.443 e. The lowest BCUT2D eigenvalue weighted by Gasteiger charge is -2.18. The molecule has 144 valence electrons. The second-order valence-electron chi connectivity index (χ2n) is 5.30. The molecule has 0 spiro atoms. The fraction of sp³-hybridized carbons (Fsp3) is 0.250. The first-order valence-corrected chi connectivity index (χ1v) is 9.36. The van der Waals surface area contributed by atoms with Crippen molar-refractivity contribution in [1.82, 2.24) is 4.31 Å². The van der Waals surface area contributed by atoms with Crippen LogP contribution in [0.5, 0.6) is 11.5 Å². The van der Waals surface area contributed by atoms with E-state index < -0.39 is 25.6 Å². The normalized spacial score (nSPS) is 11.4. The molecule has 10 nitrogen and oxygen atoms in total. The monoisotopic (exact) mass is 395 g/mol. The van der Waals surface area contributed by atoms with Gasteiger partial charge in [-0.15, -0.1) is 0 Å². The van der Waals surface area contributed by atoms with Gasteiger partial charge >= 0.3 is 11.4 Å². The third-order valence-electron chi connectivity index (χ3n) is 3.75. The van der Waals surface area contributed by atoms with E-state index in [9.17, 15) is 28.6 Å². The molecule has 0 bridgehead atoms. The summed E-state index contributed by atoms with van der Waals surface area (Å²) in [5.74, 6) is -0.488. The number of nitro groups is 2. The summed E-state index contributed by atoms with van der Waals surface area (Å²) in [4.78, 5) is 20.7. The van der Waals surface area contributed by atoms with Crippen LogP contribution < -0.4 is 4.74 Å². The van der Waals surface area contributed by atoms with Crippen LogP contribution >= 0.6 is 0 Å². The quantitative estimate of drug-likeness (QED) is 0.494. The van der Waals surface area contributed by atoms with Gasteiger partial charge in [0.1, 0.15) is 0 Å². The number of ether oxygens (including phenoxy) is 1. The van der Waals surface area contributed by atoms with E-state index in [2.05, 4.69) is 0 Å². The number of para-hydroxylation sites is 2. The van der Waals surface area contributed by atoms with Crippen LogP contribution in [0.3, 0.4) is 0 Å². The first kappa shape index (κ1) is 20.3. The summed E-state index contributed by atoms with van der Waals surface area (Å²) < 4.78 is 31.6. The molecule has 0 amide bonds. The minimum atomic E-state index is -3.90. The molecular weight excluding hydrogens is 378 g/mol. The van der Waals surface area contributed by atoms with E-state index >= 15 is 0 Å². The zero-order valence-corrected chi connectivity index (χ0v) is 15.4. The van der Waals surface area contributed by atoms with Crippen LogP contribution in [0.15, 0.2) is 47.4 Å². The molecule has 0 heterocycles. The maximum Gasteiger partial charge on any atom is 0.312 e. The lowest BCUT2D eigenvalue weighted by molar-refractivity contribution is -0.387. The summed E-state index contributed by atoms with van der Waals surface area (Å²) in [7, 11) is -3.90. The van der Waals surface area contributed by atoms with Crippen molar-refractivity contribution in [2.45, 2.75) is 18.7 Å². The van der Waals surface area contributed by atoms with Crippen molar-refractivity contribution in [3.05, 3.63) is 62.7 Å². The van der Waals surface area contributed by atoms with Crippen molar-refractivity contribution in [2.75, 3.05) is 13.1 Å². The highest BCUT2D eigenvalue weighted by Crippen LogP contribution is 2.37. The van der Waals surface area contributed by atoms with Gasteiger partial charge in [-0.3, -0.25) is 20.2 Å². The molecule has 0 N–H and O–H groups in total. The number of hydrogen-bond donors (Lipinski definition) is 0. The van der Waals surface area contributed by atoms with E-state index in [0.29, 0.717) is 0 Å². The van der Waals surface area contributed by atoms with Gasteiger partial charge in [0.05, 0.1) is 14.7 Å². The highest BCUT2D eigenvalue weighted by molar-refractivity contribution is 7.89. The first-order valence-electron chi connectivity index (χ1n) is 7.92. The van der Waals surface area contributed by atoms with Crippen LogP contribution in [0, 0.1) is 20.2 Å². The summed E-state index contributed by atoms with van der Waals surface area (Å²) in [6.07, 6.45) is 0. The van der Waals surface area contributed by atoms with Gasteiger partial charge in [0.25, 0.3) is 0 Å². The van der Waals surface area contributed by atoms with Gasteiger partial charge in [-0.25, -0.2) is 8.42 Å². The van der Waals surface area contributed by atoms with Gasteiger partial charge in [0.2, 0.25) is 21.5 Å².